The van der Waals surface area contributed by atoms with Crippen LogP contribution in [0, 0.1) is 5.82 Å². The lowest BCUT2D eigenvalue weighted by molar-refractivity contribution is 0.0718. The molecule has 0 N–H and O–H groups in total. The number of pyridine rings is 1. The van der Waals surface area contributed by atoms with E-state index in [9.17, 15) is 14.0 Å². The van der Waals surface area contributed by atoms with Crippen LogP contribution in [0.4, 0.5) is 4.39 Å². The van der Waals surface area contributed by atoms with E-state index in [1.807, 2.05) is 0 Å². The van der Waals surface area contributed by atoms with Gasteiger partial charge in [-0.1, -0.05) is 0 Å². The zero-order valence-corrected chi connectivity index (χ0v) is 15.2. The molecule has 27 heavy (non-hydrogen) atoms. The molecule has 1 saturated heterocycles. The molecule has 1 aromatic carbocycles. The third kappa shape index (κ3) is 4.42. The number of amides is 2. The summed E-state index contributed by atoms with van der Waals surface area (Å²) < 4.78 is 19.2. The lowest BCUT2D eigenvalue weighted by Gasteiger charge is -2.22. The first kappa shape index (κ1) is 18.8. The first-order valence-corrected chi connectivity index (χ1v) is 9.01. The Morgan fingerprint density at radius 2 is 1.78 bits per heavy atom. The topological polar surface area (TPSA) is 62.7 Å². The highest BCUT2D eigenvalue weighted by Gasteiger charge is 2.24. The smallest absolute Gasteiger partial charge is 0.255 e. The number of ether oxygens (including phenoxy) is 1. The molecule has 6 nitrogen and oxygen atoms in total. The van der Waals surface area contributed by atoms with Gasteiger partial charge in [0, 0.05) is 44.1 Å². The number of rotatable bonds is 4. The Labute approximate surface area is 157 Å². The van der Waals surface area contributed by atoms with Crippen LogP contribution in [0.2, 0.25) is 0 Å². The van der Waals surface area contributed by atoms with E-state index in [1.165, 1.54) is 12.1 Å². The molecular formula is C20H22FN3O3. The Morgan fingerprint density at radius 1 is 1.07 bits per heavy atom. The second kappa shape index (κ2) is 8.62. The predicted octanol–water partition coefficient (Wildman–Crippen LogP) is 2.61. The molecule has 7 heteroatoms. The Bertz CT molecular complexity index is 813. The molecule has 0 saturated carbocycles. The second-order valence-corrected chi connectivity index (χ2v) is 6.26. The summed E-state index contributed by atoms with van der Waals surface area (Å²) >= 11 is 0. The molecule has 1 aliphatic heterocycles. The van der Waals surface area contributed by atoms with Crippen LogP contribution < -0.4 is 4.74 Å². The van der Waals surface area contributed by atoms with Gasteiger partial charge in [-0.05, 0) is 43.7 Å². The van der Waals surface area contributed by atoms with E-state index >= 15 is 0 Å². The van der Waals surface area contributed by atoms with Crippen LogP contribution in [0.3, 0.4) is 0 Å². The number of hydrogen-bond acceptors (Lipinski definition) is 4. The summed E-state index contributed by atoms with van der Waals surface area (Å²) in [5.41, 5.74) is 0.814. The van der Waals surface area contributed by atoms with E-state index in [-0.39, 0.29) is 23.1 Å². The summed E-state index contributed by atoms with van der Waals surface area (Å²) in [4.78, 5) is 32.6. The molecule has 0 unspecified atom stereocenters. The minimum Gasteiger partial charge on any atom is -0.491 e. The molecule has 2 amide bonds. The number of carbonyl (C=O) groups is 2. The maximum atomic E-state index is 14.0. The van der Waals surface area contributed by atoms with E-state index in [4.69, 9.17) is 4.74 Å². The van der Waals surface area contributed by atoms with Gasteiger partial charge in [0.25, 0.3) is 11.8 Å². The van der Waals surface area contributed by atoms with Crippen LogP contribution in [-0.4, -0.2) is 59.4 Å². The summed E-state index contributed by atoms with van der Waals surface area (Å²) in [6.07, 6.45) is 3.83. The van der Waals surface area contributed by atoms with E-state index in [1.54, 1.807) is 47.3 Å². The van der Waals surface area contributed by atoms with E-state index in [0.29, 0.717) is 44.8 Å². The van der Waals surface area contributed by atoms with Crippen LogP contribution in [-0.2, 0) is 0 Å². The summed E-state index contributed by atoms with van der Waals surface area (Å²) in [6, 6.07) is 7.70. The molecule has 3 rings (SSSR count). The standard InChI is InChI=1S/C20H22FN3O3/c1-2-27-18-7-6-15(13-17(18)21)19(25)23-9-4-10-24(12-11-23)20(26)16-5-3-8-22-14-16/h3,5-8,13-14H,2,4,9-12H2,1H3. The molecule has 1 fully saturated rings. The monoisotopic (exact) mass is 371 g/mol. The molecule has 2 aromatic rings. The average molecular weight is 371 g/mol. The fourth-order valence-electron chi connectivity index (χ4n) is 3.08. The van der Waals surface area contributed by atoms with Gasteiger partial charge in [-0.2, -0.15) is 0 Å². The maximum absolute atomic E-state index is 14.0. The van der Waals surface area contributed by atoms with Crippen LogP contribution in [0.15, 0.2) is 42.7 Å². The van der Waals surface area contributed by atoms with Crippen molar-refractivity contribution in [2.24, 2.45) is 0 Å². The molecule has 142 valence electrons. The third-order valence-electron chi connectivity index (χ3n) is 4.46. The number of nitrogens with zero attached hydrogens (tertiary/aromatic N) is 3. The first-order chi connectivity index (χ1) is 13.1. The molecule has 0 spiro atoms. The highest BCUT2D eigenvalue weighted by atomic mass is 19.1. The fourth-order valence-corrected chi connectivity index (χ4v) is 3.08. The number of aromatic nitrogens is 1. The molecule has 0 atom stereocenters. The first-order valence-electron chi connectivity index (χ1n) is 9.01. The number of halogens is 1. The average Bonchev–Trinajstić information content (AvgIpc) is 2.95. The summed E-state index contributed by atoms with van der Waals surface area (Å²) in [7, 11) is 0. The Kier molecular flexibility index (Phi) is 6.01. The minimum atomic E-state index is -0.550. The second-order valence-electron chi connectivity index (χ2n) is 6.26. The minimum absolute atomic E-state index is 0.0930. The van der Waals surface area contributed by atoms with Crippen LogP contribution in [0.5, 0.6) is 5.75 Å². The summed E-state index contributed by atoms with van der Waals surface area (Å²) in [5, 5.41) is 0. The zero-order valence-electron chi connectivity index (χ0n) is 15.2. The number of carbonyl (C=O) groups excluding carboxylic acids is 2. The van der Waals surface area contributed by atoms with Crippen molar-refractivity contribution in [2.45, 2.75) is 13.3 Å². The zero-order chi connectivity index (χ0) is 19.2. The van der Waals surface area contributed by atoms with Crippen molar-refractivity contribution in [1.82, 2.24) is 14.8 Å². The maximum Gasteiger partial charge on any atom is 0.255 e. The van der Waals surface area contributed by atoms with Crippen LogP contribution in [0.25, 0.3) is 0 Å². The highest BCUT2D eigenvalue weighted by molar-refractivity contribution is 5.95. The van der Waals surface area contributed by atoms with Gasteiger partial charge in [0.05, 0.1) is 12.2 Å². The summed E-state index contributed by atoms with van der Waals surface area (Å²) in [5.74, 6) is -0.749. The fraction of sp³-hybridized carbons (Fsp3) is 0.350. The third-order valence-corrected chi connectivity index (χ3v) is 4.46. The van der Waals surface area contributed by atoms with Crippen LogP contribution >= 0.6 is 0 Å². The van der Waals surface area contributed by atoms with E-state index < -0.39 is 5.82 Å². The van der Waals surface area contributed by atoms with Crippen LogP contribution in [0.1, 0.15) is 34.1 Å². The van der Waals surface area contributed by atoms with Gasteiger partial charge in [0.1, 0.15) is 0 Å². The van der Waals surface area contributed by atoms with Crippen molar-refractivity contribution < 1.29 is 18.7 Å². The Hall–Kier alpha value is -2.96. The molecule has 0 bridgehead atoms. The molecule has 0 radical (unpaired) electrons. The molecule has 1 aliphatic rings. The van der Waals surface area contributed by atoms with Crippen molar-refractivity contribution in [3.63, 3.8) is 0 Å². The van der Waals surface area contributed by atoms with Crippen molar-refractivity contribution in [1.29, 1.82) is 0 Å². The molecule has 0 aliphatic carbocycles. The van der Waals surface area contributed by atoms with Crippen molar-refractivity contribution >= 4 is 11.8 Å². The van der Waals surface area contributed by atoms with Gasteiger partial charge >= 0.3 is 0 Å². The van der Waals surface area contributed by atoms with E-state index in [2.05, 4.69) is 4.98 Å². The van der Waals surface area contributed by atoms with Gasteiger partial charge in [-0.3, -0.25) is 14.6 Å². The van der Waals surface area contributed by atoms with Crippen molar-refractivity contribution in [2.75, 3.05) is 32.8 Å². The van der Waals surface area contributed by atoms with Gasteiger partial charge in [0.2, 0.25) is 0 Å². The SMILES string of the molecule is CCOc1ccc(C(=O)N2CCCN(C(=O)c3cccnc3)CC2)cc1F. The molecule has 1 aromatic heterocycles. The van der Waals surface area contributed by atoms with Crippen molar-refractivity contribution in [3.8, 4) is 5.75 Å². The van der Waals surface area contributed by atoms with E-state index in [0.717, 1.165) is 0 Å². The number of hydrogen-bond donors (Lipinski definition) is 0. The highest BCUT2D eigenvalue weighted by Crippen LogP contribution is 2.20. The normalized spacial score (nSPS) is 14.6. The largest absolute Gasteiger partial charge is 0.491 e. The van der Waals surface area contributed by atoms with Gasteiger partial charge < -0.3 is 14.5 Å². The molecular weight excluding hydrogens is 349 g/mol. The predicted molar refractivity (Wildman–Crippen MR) is 98.2 cm³/mol. The van der Waals surface area contributed by atoms with Gasteiger partial charge in [0.15, 0.2) is 11.6 Å². The quantitative estimate of drug-likeness (QED) is 0.829. The lowest BCUT2D eigenvalue weighted by Crippen LogP contribution is -2.37. The molecule has 2 heterocycles. The van der Waals surface area contributed by atoms with Crippen molar-refractivity contribution in [3.05, 3.63) is 59.7 Å². The number of benzene rings is 1. The lowest BCUT2D eigenvalue weighted by atomic mass is 10.1. The van der Waals surface area contributed by atoms with Gasteiger partial charge in [-0.15, -0.1) is 0 Å². The Balaban J connectivity index is 1.66. The van der Waals surface area contributed by atoms with Gasteiger partial charge in [-0.25, -0.2) is 4.39 Å². The Morgan fingerprint density at radius 3 is 2.37 bits per heavy atom. The summed E-state index contributed by atoms with van der Waals surface area (Å²) in [6.45, 7) is 4.05.